The lowest BCUT2D eigenvalue weighted by atomic mass is 9.93. The summed E-state index contributed by atoms with van der Waals surface area (Å²) in [5.41, 5.74) is 0.0454. The van der Waals surface area contributed by atoms with Crippen LogP contribution in [0.25, 0.3) is 0 Å². The summed E-state index contributed by atoms with van der Waals surface area (Å²) >= 11 is 0. The molecule has 36 heteroatoms. The normalized spacial score (nSPS) is 39.9. The first-order chi connectivity index (χ1) is 46.7. The Bertz CT molecular complexity index is 2710. The number of carbonyl (C=O) groups is 5. The fourth-order valence-electron chi connectivity index (χ4n) is 12.4. The van der Waals surface area contributed by atoms with Gasteiger partial charge >= 0.3 is 0 Å². The van der Waals surface area contributed by atoms with Crippen LogP contribution in [-0.4, -0.2) is 325 Å². The van der Waals surface area contributed by atoms with Gasteiger partial charge in [-0.05, 0) is 50.8 Å². The molecule has 14 unspecified atom stereocenters. The van der Waals surface area contributed by atoms with Crippen molar-refractivity contribution in [2.24, 2.45) is 0 Å². The highest BCUT2D eigenvalue weighted by Crippen LogP contribution is 2.37. The molecule has 30 atom stereocenters. The minimum absolute atomic E-state index is 0.0454. The molecule has 0 saturated carbocycles. The van der Waals surface area contributed by atoms with Crippen molar-refractivity contribution in [1.29, 1.82) is 0 Å². The third-order valence-electron chi connectivity index (χ3n) is 17.6. The number of nitrogens with one attached hydrogen (secondary N) is 5. The molecule has 0 spiro atoms. The van der Waals surface area contributed by atoms with Gasteiger partial charge in [0.1, 0.15) is 146 Å². The number of aliphatic hydroxyl groups excluding tert-OH is 14. The molecule has 5 amide bonds. The van der Waals surface area contributed by atoms with E-state index in [2.05, 4.69) is 45.7 Å². The molecule has 0 radical (unpaired) electrons. The summed E-state index contributed by atoms with van der Waals surface area (Å²) in [5, 5.41) is 168. The first kappa shape index (κ1) is 80.4. The first-order valence-corrected chi connectivity index (χ1v) is 32.8. The Balaban J connectivity index is 1.07. The Morgan fingerprint density at radius 3 is 1.34 bits per heavy atom. The maximum Gasteiger partial charge on any atom is 0.251 e. The topological polar surface area (TPSA) is 539 Å². The summed E-state index contributed by atoms with van der Waals surface area (Å²) < 4.78 is 71.9. The molecule has 0 bridgehead atoms. The van der Waals surface area contributed by atoms with E-state index in [9.17, 15) is 95.5 Å². The van der Waals surface area contributed by atoms with Crippen LogP contribution >= 0.6 is 0 Å². The number of benzene rings is 1. The second-order valence-corrected chi connectivity index (χ2v) is 25.1. The second-order valence-electron chi connectivity index (χ2n) is 25.1. The number of ether oxygens (including phenoxy) is 12. The molecule has 0 aromatic heterocycles. The van der Waals surface area contributed by atoms with Gasteiger partial charge in [0, 0.05) is 33.3 Å². The highest BCUT2D eigenvalue weighted by Gasteiger charge is 2.58. The number of amides is 5. The van der Waals surface area contributed by atoms with Crippen molar-refractivity contribution in [1.82, 2.24) is 26.6 Å². The van der Waals surface area contributed by atoms with E-state index in [0.29, 0.717) is 18.8 Å². The van der Waals surface area contributed by atoms with Gasteiger partial charge in [-0.2, -0.15) is 0 Å². The van der Waals surface area contributed by atoms with Gasteiger partial charge in [0.25, 0.3) is 5.91 Å². The fourth-order valence-corrected chi connectivity index (χ4v) is 12.4. The van der Waals surface area contributed by atoms with Crippen LogP contribution in [0.1, 0.15) is 96.8 Å². The molecule has 7 rings (SSSR count). The zero-order valence-corrected chi connectivity index (χ0v) is 55.2. The summed E-state index contributed by atoms with van der Waals surface area (Å²) in [6.07, 6.45) is -33.6. The summed E-state index contributed by atoms with van der Waals surface area (Å²) in [7, 11) is 0. The van der Waals surface area contributed by atoms with Crippen molar-refractivity contribution in [3.8, 4) is 5.75 Å². The summed E-state index contributed by atoms with van der Waals surface area (Å²) in [5.74, 6) is -3.72. The van der Waals surface area contributed by atoms with E-state index in [0.717, 1.165) is 53.4 Å². The Labute approximate surface area is 564 Å². The molecule has 6 aliphatic heterocycles. The number of hydrogen-bond donors (Lipinski definition) is 19. The van der Waals surface area contributed by atoms with E-state index in [1.165, 1.54) is 31.9 Å². The van der Waals surface area contributed by atoms with E-state index >= 15 is 0 Å². The number of carbonyl (C=O) groups excluding carboxylic acids is 5. The van der Waals surface area contributed by atoms with Crippen molar-refractivity contribution >= 4 is 29.5 Å². The van der Waals surface area contributed by atoms with Crippen molar-refractivity contribution in [2.75, 3.05) is 39.6 Å². The highest BCUT2D eigenvalue weighted by molar-refractivity contribution is 5.94. The smallest absolute Gasteiger partial charge is 0.251 e. The van der Waals surface area contributed by atoms with Crippen LogP contribution in [0.5, 0.6) is 5.75 Å². The lowest BCUT2D eigenvalue weighted by molar-refractivity contribution is -0.368. The molecule has 19 N–H and O–H groups in total. The molecule has 1 aromatic rings. The lowest BCUT2D eigenvalue weighted by Crippen LogP contribution is -2.72. The van der Waals surface area contributed by atoms with Crippen molar-refractivity contribution in [2.45, 2.75) is 270 Å². The molecule has 6 heterocycles. The van der Waals surface area contributed by atoms with Crippen molar-refractivity contribution < 1.29 is 152 Å². The summed E-state index contributed by atoms with van der Waals surface area (Å²) in [6, 6.07) is -2.52. The van der Waals surface area contributed by atoms with Crippen LogP contribution < -0.4 is 31.3 Å². The fraction of sp³-hybridized carbons (Fsp3) is 0.790. The lowest BCUT2D eigenvalue weighted by Gasteiger charge is -2.51. The van der Waals surface area contributed by atoms with E-state index in [1.54, 1.807) is 12.1 Å². The van der Waals surface area contributed by atoms with Gasteiger partial charge in [-0.3, -0.25) is 24.0 Å². The molecular weight excluding hydrogens is 1310 g/mol. The van der Waals surface area contributed by atoms with Crippen molar-refractivity contribution in [3.63, 3.8) is 0 Å². The predicted octanol–water partition coefficient (Wildman–Crippen LogP) is -7.37. The standard InChI is InChI=1S/C62H99N5O31/c1-7-8-9-10-11-12-13-14-15-19-87-32-18-16-17-31(20-32)56(85)67-39-45(78)44(77)33(21-68)91-58(39)95-52-34(22-69)92-59(40(47(52)80)64-28(4)73)96-53-35(23-70)93-60(41(48(53)81)65-29(5)74)97-54-36(24-71)94-61(42(49(54)82)66-30(6)75)98-55-37(90-57(86)38(46(55)79)63-27(3)72)25-88-62-51(84)50(83)43(76)26(2)89-62/h12-13,16-18,20,26,33-55,57-62,68-71,76-84,86H,7-11,14-15,19,21-25H2,1-6H3,(H,63,72)(H,64,73)(H,65,74)(H,66,75)(H,67,85)/t26?,33?,34-,35?,36-,37?,38-,39-,40?,41-,42?,43?,44+,45+,46+,47?,48?,49?,50-,51+,52+,53+,54+,55?,57+,58?,59?,60-,61?,62+/m0/s1. The van der Waals surface area contributed by atoms with Gasteiger partial charge in [-0.25, -0.2) is 0 Å². The molecule has 558 valence electrons. The molecular formula is C62H99N5O31. The second kappa shape index (κ2) is 37.9. The molecule has 36 nitrogen and oxygen atoms in total. The van der Waals surface area contributed by atoms with E-state index < -0.39 is 246 Å². The minimum Gasteiger partial charge on any atom is -0.494 e. The van der Waals surface area contributed by atoms with Gasteiger partial charge in [0.2, 0.25) is 23.6 Å². The molecule has 6 aliphatic rings. The Kier molecular flexibility index (Phi) is 31.1. The molecule has 6 saturated heterocycles. The largest absolute Gasteiger partial charge is 0.494 e. The number of aliphatic hydroxyl groups is 14. The van der Waals surface area contributed by atoms with E-state index in [-0.39, 0.29) is 5.56 Å². The third-order valence-corrected chi connectivity index (χ3v) is 17.6. The van der Waals surface area contributed by atoms with Crippen LogP contribution in [-0.2, 0) is 71.3 Å². The Morgan fingerprint density at radius 2 is 0.878 bits per heavy atom. The first-order valence-electron chi connectivity index (χ1n) is 32.8. The predicted molar refractivity (Wildman–Crippen MR) is 328 cm³/mol. The Hall–Kier alpha value is -4.89. The van der Waals surface area contributed by atoms with Crippen molar-refractivity contribution in [3.05, 3.63) is 42.0 Å². The number of rotatable bonds is 31. The minimum atomic E-state index is -2.07. The molecule has 98 heavy (non-hydrogen) atoms. The zero-order valence-electron chi connectivity index (χ0n) is 55.2. The number of unbranched alkanes of at least 4 members (excludes halogenated alkanes) is 5. The molecule has 6 fully saturated rings. The average Bonchev–Trinajstić information content (AvgIpc) is 0.772. The highest BCUT2D eigenvalue weighted by atomic mass is 16.8. The van der Waals surface area contributed by atoms with Crippen LogP contribution in [0.2, 0.25) is 0 Å². The molecule has 1 aromatic carbocycles. The van der Waals surface area contributed by atoms with Crippen LogP contribution in [0.4, 0.5) is 0 Å². The average molecular weight is 1410 g/mol. The Morgan fingerprint density at radius 1 is 0.449 bits per heavy atom. The van der Waals surface area contributed by atoms with E-state index in [4.69, 9.17) is 56.8 Å². The molecule has 0 aliphatic carbocycles. The van der Waals surface area contributed by atoms with Crippen LogP contribution in [0.15, 0.2) is 36.4 Å². The van der Waals surface area contributed by atoms with Crippen LogP contribution in [0.3, 0.4) is 0 Å². The van der Waals surface area contributed by atoms with Gasteiger partial charge in [-0.1, -0.05) is 44.4 Å². The third kappa shape index (κ3) is 20.5. The quantitative estimate of drug-likeness (QED) is 0.0243. The monoisotopic (exact) mass is 1410 g/mol. The maximum atomic E-state index is 13.9. The van der Waals surface area contributed by atoms with E-state index in [1.807, 2.05) is 0 Å². The summed E-state index contributed by atoms with van der Waals surface area (Å²) in [6.45, 7) is 3.29. The van der Waals surface area contributed by atoms with Gasteiger partial charge in [-0.15, -0.1) is 0 Å². The van der Waals surface area contributed by atoms with Crippen LogP contribution in [0, 0.1) is 0 Å². The number of allylic oxidation sites excluding steroid dienone is 2. The number of hydrogen-bond acceptors (Lipinski definition) is 31. The zero-order chi connectivity index (χ0) is 71.8. The maximum absolute atomic E-state index is 13.9. The van der Waals surface area contributed by atoms with Gasteiger partial charge < -0.3 is 155 Å². The van der Waals surface area contributed by atoms with Gasteiger partial charge in [0.05, 0.1) is 45.7 Å². The SMILES string of the molecule is CCCCCCC=CCCCOc1cccc(C(=O)N[C@@H]2C(O[C@H]3C(O)C(NC(C)=O)C(O[C@@H]4C(CO)O[C@@H](O[C@H]5C(O)C(NC(C)=O)C(OC6C(CO[C@@H]7OC(C)C(O)[C@H](O)[C@H]7O)O[C@@H](O)[C@@H](NC(C)=O)[C@H]6O)O[C@H]5CO)[C@@H](NC(C)=O)C4O)O[C@H]3CO)OC(CO)[C@@H](O)[C@@H]2O)c1. The van der Waals surface area contributed by atoms with Gasteiger partial charge in [0.15, 0.2) is 37.7 Å². The summed E-state index contributed by atoms with van der Waals surface area (Å²) in [4.78, 5) is 65.0.